The van der Waals surface area contributed by atoms with Crippen LogP contribution in [0.25, 0.3) is 44.2 Å². The summed E-state index contributed by atoms with van der Waals surface area (Å²) >= 11 is 0. The van der Waals surface area contributed by atoms with Crippen molar-refractivity contribution in [2.24, 2.45) is 0 Å². The number of benzene rings is 8. The summed E-state index contributed by atoms with van der Waals surface area (Å²) in [5.41, 5.74) is 16.9. The zero-order valence-electron chi connectivity index (χ0n) is 30.5. The second kappa shape index (κ2) is 10.9. The first-order valence-corrected chi connectivity index (χ1v) is 19.1. The molecule has 12 rings (SSSR count). The van der Waals surface area contributed by atoms with Gasteiger partial charge < -0.3 is 14.1 Å². The van der Waals surface area contributed by atoms with Crippen LogP contribution in [-0.4, -0.2) is 0 Å². The van der Waals surface area contributed by atoms with Gasteiger partial charge in [-0.2, -0.15) is 0 Å². The molecule has 2 heterocycles. The van der Waals surface area contributed by atoms with Crippen LogP contribution in [0.1, 0.15) is 47.2 Å². The molecule has 2 aliphatic carbocycles. The van der Waals surface area contributed by atoms with Gasteiger partial charge in [0, 0.05) is 33.2 Å². The molecule has 0 N–H and O–H groups in total. The van der Waals surface area contributed by atoms with Gasteiger partial charge in [0.25, 0.3) is 0 Å². The minimum absolute atomic E-state index is 0.121. The fraction of sp³-hybridized carbons (Fsp3) is 0.0769. The number of hydrogen-bond donors (Lipinski definition) is 0. The summed E-state index contributed by atoms with van der Waals surface area (Å²) in [6, 6.07) is 63.6. The average molecular weight is 706 g/mol. The van der Waals surface area contributed by atoms with Crippen LogP contribution < -0.4 is 9.64 Å². The van der Waals surface area contributed by atoms with Crippen LogP contribution in [0.4, 0.5) is 17.1 Å². The molecular weight excluding hydrogens is 671 g/mol. The third-order valence-corrected chi connectivity index (χ3v) is 12.5. The van der Waals surface area contributed by atoms with E-state index in [9.17, 15) is 0 Å². The Bertz CT molecular complexity index is 3010. The van der Waals surface area contributed by atoms with E-state index >= 15 is 0 Å². The highest BCUT2D eigenvalue weighted by molar-refractivity contribution is 6.16. The Balaban J connectivity index is 1.16. The highest BCUT2D eigenvalue weighted by Crippen LogP contribution is 2.63. The summed E-state index contributed by atoms with van der Waals surface area (Å²) in [4.78, 5) is 2.45. The number of para-hydroxylation sites is 3. The lowest BCUT2D eigenvalue weighted by Gasteiger charge is -2.39. The van der Waals surface area contributed by atoms with Crippen molar-refractivity contribution in [3.63, 3.8) is 0 Å². The zero-order valence-corrected chi connectivity index (χ0v) is 30.5. The number of nitrogens with zero attached hydrogens (tertiary/aromatic N) is 1. The van der Waals surface area contributed by atoms with Gasteiger partial charge >= 0.3 is 0 Å². The number of rotatable bonds is 3. The van der Waals surface area contributed by atoms with E-state index in [2.05, 4.69) is 195 Å². The molecule has 3 nitrogen and oxygen atoms in total. The number of fused-ring (bicyclic) bond motifs is 15. The Morgan fingerprint density at radius 2 is 1.04 bits per heavy atom. The molecule has 0 bridgehead atoms. The molecule has 1 aromatic heterocycles. The molecule has 3 heteroatoms. The number of hydrogen-bond acceptors (Lipinski definition) is 3. The summed E-state index contributed by atoms with van der Waals surface area (Å²) in [6.07, 6.45) is 0. The third kappa shape index (κ3) is 3.89. The van der Waals surface area contributed by atoms with Crippen LogP contribution in [-0.2, 0) is 10.8 Å². The van der Waals surface area contributed by atoms with Gasteiger partial charge in [-0.1, -0.05) is 135 Å². The van der Waals surface area contributed by atoms with Gasteiger partial charge in [-0.25, -0.2) is 0 Å². The van der Waals surface area contributed by atoms with Crippen molar-refractivity contribution in [2.45, 2.75) is 24.7 Å². The summed E-state index contributed by atoms with van der Waals surface area (Å²) in [7, 11) is 0. The van der Waals surface area contributed by atoms with Crippen LogP contribution in [0.3, 0.4) is 0 Å². The van der Waals surface area contributed by atoms with Gasteiger partial charge in [0.2, 0.25) is 0 Å². The van der Waals surface area contributed by atoms with Gasteiger partial charge in [-0.05, 0) is 93.5 Å². The van der Waals surface area contributed by atoms with Crippen molar-refractivity contribution in [2.75, 3.05) is 4.90 Å². The summed E-state index contributed by atoms with van der Waals surface area (Å²) in [5, 5.41) is 2.19. The Labute approximate surface area is 319 Å². The molecule has 8 aromatic carbocycles. The lowest BCUT2D eigenvalue weighted by Crippen LogP contribution is -2.32. The van der Waals surface area contributed by atoms with Crippen LogP contribution >= 0.6 is 0 Å². The highest BCUT2D eigenvalue weighted by atomic mass is 16.5. The fourth-order valence-corrected chi connectivity index (χ4v) is 10.2. The molecule has 0 unspecified atom stereocenters. The minimum atomic E-state index is -0.561. The van der Waals surface area contributed by atoms with Crippen molar-refractivity contribution in [1.29, 1.82) is 0 Å². The quantitative estimate of drug-likeness (QED) is 0.183. The lowest BCUT2D eigenvalue weighted by atomic mass is 9.66. The molecule has 1 spiro atoms. The maximum Gasteiger partial charge on any atom is 0.137 e. The molecule has 0 fully saturated rings. The standard InChI is InChI=1S/C52H35NO2/c1-51(2)37-20-8-7-19-34(37)49-41(51)24-14-25-43(49)53(32-16-4-3-5-17-32)44-26-15-29-47-50(44)36-30-35-33-18-6-9-21-38(33)52(42(35)31-48(36)55-47)39-22-10-12-27-45(39)54-46-28-13-11-23-40(46)52/h3-31H,1-2H3. The largest absolute Gasteiger partial charge is 0.457 e. The molecule has 9 aromatic rings. The smallest absolute Gasteiger partial charge is 0.137 e. The van der Waals surface area contributed by atoms with E-state index < -0.39 is 5.41 Å². The highest BCUT2D eigenvalue weighted by Gasteiger charge is 2.51. The maximum atomic E-state index is 6.97. The fourth-order valence-electron chi connectivity index (χ4n) is 10.2. The van der Waals surface area contributed by atoms with E-state index in [1.165, 1.54) is 44.5 Å². The van der Waals surface area contributed by atoms with Gasteiger partial charge in [-0.3, -0.25) is 0 Å². The van der Waals surface area contributed by atoms with E-state index in [1.54, 1.807) is 0 Å². The van der Waals surface area contributed by atoms with Gasteiger partial charge in [0.15, 0.2) is 0 Å². The summed E-state index contributed by atoms with van der Waals surface area (Å²) in [5.74, 6) is 1.77. The second-order valence-electron chi connectivity index (χ2n) is 15.6. The second-order valence-corrected chi connectivity index (χ2v) is 15.6. The lowest BCUT2D eigenvalue weighted by molar-refractivity contribution is 0.436. The first kappa shape index (κ1) is 30.6. The Morgan fingerprint density at radius 3 is 1.80 bits per heavy atom. The predicted octanol–water partition coefficient (Wildman–Crippen LogP) is 13.8. The Hall–Kier alpha value is -6.84. The molecule has 0 amide bonds. The van der Waals surface area contributed by atoms with Crippen molar-refractivity contribution in [1.82, 2.24) is 0 Å². The van der Waals surface area contributed by atoms with Crippen molar-refractivity contribution >= 4 is 39.0 Å². The maximum absolute atomic E-state index is 6.97. The average Bonchev–Trinajstić information content (AvgIpc) is 3.82. The molecule has 55 heavy (non-hydrogen) atoms. The normalized spacial score (nSPS) is 14.8. The monoisotopic (exact) mass is 705 g/mol. The molecule has 0 atom stereocenters. The summed E-state index contributed by atoms with van der Waals surface area (Å²) in [6.45, 7) is 4.69. The van der Waals surface area contributed by atoms with Crippen LogP contribution in [0.2, 0.25) is 0 Å². The first-order valence-electron chi connectivity index (χ1n) is 19.1. The van der Waals surface area contributed by atoms with Crippen molar-refractivity contribution in [3.8, 4) is 33.8 Å². The Morgan fingerprint density at radius 1 is 0.436 bits per heavy atom. The van der Waals surface area contributed by atoms with Gasteiger partial charge in [0.05, 0.1) is 22.2 Å². The first-order chi connectivity index (χ1) is 27.0. The van der Waals surface area contributed by atoms with Crippen LogP contribution in [0, 0.1) is 0 Å². The van der Waals surface area contributed by atoms with Crippen molar-refractivity contribution in [3.05, 3.63) is 209 Å². The van der Waals surface area contributed by atoms with Gasteiger partial charge in [0.1, 0.15) is 22.7 Å². The molecule has 0 saturated heterocycles. The third-order valence-electron chi connectivity index (χ3n) is 12.5. The van der Waals surface area contributed by atoms with Crippen molar-refractivity contribution < 1.29 is 9.15 Å². The Kier molecular flexibility index (Phi) is 6.05. The van der Waals surface area contributed by atoms with E-state index in [1.807, 2.05) is 0 Å². The minimum Gasteiger partial charge on any atom is -0.457 e. The van der Waals surface area contributed by atoms with Crippen LogP contribution in [0.5, 0.6) is 11.5 Å². The number of furan rings is 1. The molecule has 3 aliphatic rings. The molecule has 0 radical (unpaired) electrons. The molecular formula is C52H35NO2. The predicted molar refractivity (Wildman–Crippen MR) is 223 cm³/mol. The zero-order chi connectivity index (χ0) is 36.5. The van der Waals surface area contributed by atoms with E-state index in [0.717, 1.165) is 61.6 Å². The van der Waals surface area contributed by atoms with Gasteiger partial charge in [-0.15, -0.1) is 0 Å². The van der Waals surface area contributed by atoms with E-state index in [0.29, 0.717) is 0 Å². The molecule has 260 valence electrons. The van der Waals surface area contributed by atoms with Crippen LogP contribution in [0.15, 0.2) is 180 Å². The SMILES string of the molecule is CC1(C)c2ccccc2-c2c(N(c3ccccc3)c3cccc4oc5cc6c(cc5c34)-c3ccccc3C63c4ccccc4Oc4ccccc43)cccc21. The topological polar surface area (TPSA) is 25.6 Å². The number of ether oxygens (including phenoxy) is 1. The summed E-state index contributed by atoms with van der Waals surface area (Å²) < 4.78 is 13.6. The molecule has 0 saturated carbocycles. The number of anilines is 3. The molecule has 1 aliphatic heterocycles. The van der Waals surface area contributed by atoms with E-state index in [-0.39, 0.29) is 5.41 Å². The van der Waals surface area contributed by atoms with E-state index in [4.69, 9.17) is 9.15 Å².